The van der Waals surface area contributed by atoms with Gasteiger partial charge in [0, 0.05) is 16.4 Å². The van der Waals surface area contributed by atoms with Crippen LogP contribution in [0.1, 0.15) is 18.9 Å². The number of hydrogen-bond donors (Lipinski definition) is 1. The summed E-state index contributed by atoms with van der Waals surface area (Å²) in [4.78, 5) is 4.12. The molecule has 1 heterocycles. The van der Waals surface area contributed by atoms with E-state index in [0.29, 0.717) is 0 Å². The van der Waals surface area contributed by atoms with E-state index in [1.165, 1.54) is 12.0 Å². The number of nitrogens with one attached hydrogen (secondary N) is 1. The zero-order valence-corrected chi connectivity index (χ0v) is 11.4. The summed E-state index contributed by atoms with van der Waals surface area (Å²) < 4.78 is 0.977. The van der Waals surface area contributed by atoms with E-state index in [9.17, 15) is 0 Å². The zero-order valence-electron chi connectivity index (χ0n) is 9.78. The molecule has 0 unspecified atom stereocenters. The van der Waals surface area contributed by atoms with Gasteiger partial charge in [0.1, 0.15) is 0 Å². The van der Waals surface area contributed by atoms with Crippen molar-refractivity contribution in [3.63, 3.8) is 0 Å². The molecule has 88 valence electrons. The lowest BCUT2D eigenvalue weighted by atomic mass is 10.1. The molecule has 0 amide bonds. The molecule has 0 bridgehead atoms. The van der Waals surface area contributed by atoms with Gasteiger partial charge < -0.3 is 5.32 Å². The van der Waals surface area contributed by atoms with E-state index in [4.69, 9.17) is 0 Å². The smallest absolute Gasteiger partial charge is 0.0582 e. The van der Waals surface area contributed by atoms with Crippen LogP contribution in [0, 0.1) is 0 Å². The minimum Gasteiger partial charge on any atom is -0.354 e. The van der Waals surface area contributed by atoms with Gasteiger partial charge in [-0.05, 0) is 46.1 Å². The van der Waals surface area contributed by atoms with E-state index in [0.717, 1.165) is 22.3 Å². The Morgan fingerprint density at radius 1 is 1.12 bits per heavy atom. The van der Waals surface area contributed by atoms with Gasteiger partial charge in [0.2, 0.25) is 0 Å². The first-order chi connectivity index (χ1) is 8.28. The number of rotatable bonds is 4. The number of aryl methyl sites for hydroxylation is 1. The predicted molar refractivity (Wildman–Crippen MR) is 75.7 cm³/mol. The summed E-state index contributed by atoms with van der Waals surface area (Å²) in [5, 5.41) is 3.32. The van der Waals surface area contributed by atoms with Gasteiger partial charge >= 0.3 is 0 Å². The predicted octanol–water partition coefficient (Wildman–Crippen LogP) is 4.54. The second-order valence-electron chi connectivity index (χ2n) is 3.96. The molecule has 17 heavy (non-hydrogen) atoms. The fourth-order valence-electron chi connectivity index (χ4n) is 1.69. The molecule has 0 saturated carbocycles. The van der Waals surface area contributed by atoms with Crippen LogP contribution in [-0.4, -0.2) is 4.98 Å². The van der Waals surface area contributed by atoms with E-state index < -0.39 is 0 Å². The largest absolute Gasteiger partial charge is 0.354 e. The second kappa shape index (κ2) is 5.82. The SMILES string of the molecule is CCCc1ccc(Nc2cncc(Br)c2)cc1. The van der Waals surface area contributed by atoms with Crippen molar-refractivity contribution in [2.24, 2.45) is 0 Å². The van der Waals surface area contributed by atoms with Crippen molar-refractivity contribution in [2.45, 2.75) is 19.8 Å². The molecule has 0 spiro atoms. The Labute approximate surface area is 110 Å². The van der Waals surface area contributed by atoms with Crippen molar-refractivity contribution in [1.82, 2.24) is 4.98 Å². The lowest BCUT2D eigenvalue weighted by Crippen LogP contribution is -1.91. The molecule has 0 fully saturated rings. The van der Waals surface area contributed by atoms with Gasteiger partial charge in [0.25, 0.3) is 0 Å². The third-order valence-corrected chi connectivity index (χ3v) is 2.92. The second-order valence-corrected chi connectivity index (χ2v) is 4.88. The van der Waals surface area contributed by atoms with Crippen molar-refractivity contribution >= 4 is 27.3 Å². The van der Waals surface area contributed by atoms with Gasteiger partial charge in [-0.2, -0.15) is 0 Å². The number of anilines is 2. The molecule has 2 nitrogen and oxygen atoms in total. The minimum absolute atomic E-state index is 0.977. The summed E-state index contributed by atoms with van der Waals surface area (Å²) in [6, 6.07) is 10.5. The Balaban J connectivity index is 2.08. The highest BCUT2D eigenvalue weighted by Crippen LogP contribution is 2.19. The van der Waals surface area contributed by atoms with Gasteiger partial charge in [-0.25, -0.2) is 0 Å². The summed E-state index contributed by atoms with van der Waals surface area (Å²) in [5.41, 5.74) is 3.46. The van der Waals surface area contributed by atoms with Crippen LogP contribution in [0.2, 0.25) is 0 Å². The standard InChI is InChI=1S/C14H15BrN2/c1-2-3-11-4-6-13(7-5-11)17-14-8-12(15)9-16-10-14/h4-10,17H,2-3H2,1H3. The first-order valence-electron chi connectivity index (χ1n) is 5.74. The lowest BCUT2D eigenvalue weighted by molar-refractivity contribution is 0.922. The van der Waals surface area contributed by atoms with Crippen LogP contribution in [0.5, 0.6) is 0 Å². The van der Waals surface area contributed by atoms with Crippen molar-refractivity contribution < 1.29 is 0 Å². The van der Waals surface area contributed by atoms with Crippen LogP contribution in [0.25, 0.3) is 0 Å². The third-order valence-electron chi connectivity index (χ3n) is 2.49. The molecule has 0 aliphatic rings. The average Bonchev–Trinajstić information content (AvgIpc) is 2.32. The Morgan fingerprint density at radius 2 is 1.88 bits per heavy atom. The number of aromatic nitrogens is 1. The van der Waals surface area contributed by atoms with Crippen LogP contribution < -0.4 is 5.32 Å². The molecular weight excluding hydrogens is 276 g/mol. The Morgan fingerprint density at radius 3 is 2.53 bits per heavy atom. The molecule has 2 rings (SSSR count). The quantitative estimate of drug-likeness (QED) is 0.894. The minimum atomic E-state index is 0.977. The number of hydrogen-bond acceptors (Lipinski definition) is 2. The molecule has 0 aliphatic carbocycles. The van der Waals surface area contributed by atoms with Crippen LogP contribution >= 0.6 is 15.9 Å². The summed E-state index contributed by atoms with van der Waals surface area (Å²) in [6.45, 7) is 2.19. The molecule has 1 aromatic carbocycles. The molecule has 0 atom stereocenters. The molecule has 0 radical (unpaired) electrons. The van der Waals surface area contributed by atoms with Gasteiger partial charge in [-0.1, -0.05) is 25.5 Å². The van der Waals surface area contributed by atoms with Crippen LogP contribution in [0.4, 0.5) is 11.4 Å². The number of pyridine rings is 1. The van der Waals surface area contributed by atoms with E-state index in [1.54, 1.807) is 6.20 Å². The summed E-state index contributed by atoms with van der Waals surface area (Å²) in [5.74, 6) is 0. The average molecular weight is 291 g/mol. The van der Waals surface area contributed by atoms with Crippen molar-refractivity contribution in [1.29, 1.82) is 0 Å². The van der Waals surface area contributed by atoms with E-state index >= 15 is 0 Å². The van der Waals surface area contributed by atoms with Crippen molar-refractivity contribution in [3.8, 4) is 0 Å². The Hall–Kier alpha value is -1.35. The van der Waals surface area contributed by atoms with E-state index in [1.807, 2.05) is 12.3 Å². The fraction of sp³-hybridized carbons (Fsp3) is 0.214. The first-order valence-corrected chi connectivity index (χ1v) is 6.54. The van der Waals surface area contributed by atoms with Crippen LogP contribution in [0.15, 0.2) is 47.2 Å². The zero-order chi connectivity index (χ0) is 12.1. The highest BCUT2D eigenvalue weighted by Gasteiger charge is 1.97. The summed E-state index contributed by atoms with van der Waals surface area (Å²) >= 11 is 3.41. The molecule has 2 aromatic rings. The normalized spacial score (nSPS) is 10.2. The van der Waals surface area contributed by atoms with Gasteiger partial charge in [-0.15, -0.1) is 0 Å². The third kappa shape index (κ3) is 3.56. The number of nitrogens with zero attached hydrogens (tertiary/aromatic N) is 1. The molecule has 0 aliphatic heterocycles. The first kappa shape index (κ1) is 12.1. The lowest BCUT2D eigenvalue weighted by Gasteiger charge is -2.07. The molecule has 3 heteroatoms. The van der Waals surface area contributed by atoms with Crippen molar-refractivity contribution in [2.75, 3.05) is 5.32 Å². The monoisotopic (exact) mass is 290 g/mol. The van der Waals surface area contributed by atoms with Crippen LogP contribution in [-0.2, 0) is 6.42 Å². The van der Waals surface area contributed by atoms with Crippen LogP contribution in [0.3, 0.4) is 0 Å². The Kier molecular flexibility index (Phi) is 4.15. The molecule has 1 N–H and O–H groups in total. The highest BCUT2D eigenvalue weighted by molar-refractivity contribution is 9.10. The summed E-state index contributed by atoms with van der Waals surface area (Å²) in [6.07, 6.45) is 5.90. The molecule has 1 aromatic heterocycles. The summed E-state index contributed by atoms with van der Waals surface area (Å²) in [7, 11) is 0. The Bertz CT molecular complexity index is 480. The fourth-order valence-corrected chi connectivity index (χ4v) is 2.06. The number of benzene rings is 1. The van der Waals surface area contributed by atoms with E-state index in [-0.39, 0.29) is 0 Å². The molecular formula is C14H15BrN2. The topological polar surface area (TPSA) is 24.9 Å². The van der Waals surface area contributed by atoms with Gasteiger partial charge in [-0.3, -0.25) is 4.98 Å². The maximum absolute atomic E-state index is 4.12. The van der Waals surface area contributed by atoms with Crippen molar-refractivity contribution in [3.05, 3.63) is 52.8 Å². The van der Waals surface area contributed by atoms with Gasteiger partial charge in [0.05, 0.1) is 11.9 Å². The maximum Gasteiger partial charge on any atom is 0.0582 e. The van der Waals surface area contributed by atoms with E-state index in [2.05, 4.69) is 57.4 Å². The highest BCUT2D eigenvalue weighted by atomic mass is 79.9. The van der Waals surface area contributed by atoms with Gasteiger partial charge in [0.15, 0.2) is 0 Å². The molecule has 0 saturated heterocycles. The maximum atomic E-state index is 4.12. The number of halogens is 1.